The molecule has 0 aliphatic heterocycles. The summed E-state index contributed by atoms with van der Waals surface area (Å²) in [5.41, 5.74) is 7.17. The molecule has 0 bridgehead atoms. The zero-order valence-corrected chi connectivity index (χ0v) is 11.9. The lowest BCUT2D eigenvalue weighted by molar-refractivity contribution is 0.0950. The second kappa shape index (κ2) is 7.35. The van der Waals surface area contributed by atoms with Crippen LogP contribution in [-0.2, 0) is 0 Å². The van der Waals surface area contributed by atoms with Crippen LogP contribution in [0.25, 0.3) is 0 Å². The molecule has 21 heavy (non-hydrogen) atoms. The molecule has 0 saturated heterocycles. The van der Waals surface area contributed by atoms with Crippen LogP contribution in [0.5, 0.6) is 0 Å². The fraction of sp³-hybridized carbons (Fsp3) is 0.267. The Morgan fingerprint density at radius 3 is 2.52 bits per heavy atom. The number of rotatable bonds is 6. The van der Waals surface area contributed by atoms with Crippen molar-refractivity contribution >= 4 is 11.7 Å². The predicted octanol–water partition coefficient (Wildman–Crippen LogP) is 1.34. The van der Waals surface area contributed by atoms with Gasteiger partial charge in [0, 0.05) is 13.1 Å². The minimum absolute atomic E-state index is 0.0455. The summed E-state index contributed by atoms with van der Waals surface area (Å²) < 4.78 is 0. The Morgan fingerprint density at radius 2 is 1.95 bits per heavy atom. The lowest BCUT2D eigenvalue weighted by Gasteiger charge is -2.17. The van der Waals surface area contributed by atoms with Gasteiger partial charge in [-0.1, -0.05) is 30.3 Å². The van der Waals surface area contributed by atoms with Gasteiger partial charge < -0.3 is 16.4 Å². The number of nitrogens with two attached hydrogens (primary N) is 1. The molecule has 1 aromatic heterocycles. The summed E-state index contributed by atoms with van der Waals surface area (Å²) in [5, 5.41) is 13.8. The topological polar surface area (TPSA) is 92.9 Å². The van der Waals surface area contributed by atoms with E-state index in [2.05, 4.69) is 20.8 Å². The van der Waals surface area contributed by atoms with Gasteiger partial charge in [0.1, 0.15) is 5.82 Å². The van der Waals surface area contributed by atoms with Gasteiger partial charge in [0.05, 0.1) is 6.04 Å². The summed E-state index contributed by atoms with van der Waals surface area (Å²) in [4.78, 5) is 11.6. The van der Waals surface area contributed by atoms with Gasteiger partial charge in [-0.15, -0.1) is 10.2 Å². The maximum absolute atomic E-state index is 11.6. The molecule has 1 amide bonds. The standard InChI is InChI=1S/C15H19N5O/c1-2-17-15(21)12-8-9-14(20-19-12)18-13(10-16)11-6-4-3-5-7-11/h3-9,13H,2,10,16H2,1H3,(H,17,21)(H,18,20). The number of hydrogen-bond acceptors (Lipinski definition) is 5. The molecule has 0 aliphatic carbocycles. The molecule has 1 heterocycles. The number of amides is 1. The number of aromatic nitrogens is 2. The predicted molar refractivity (Wildman–Crippen MR) is 81.9 cm³/mol. The third-order valence-electron chi connectivity index (χ3n) is 2.99. The van der Waals surface area contributed by atoms with Crippen LogP contribution in [0.1, 0.15) is 29.0 Å². The first-order valence-electron chi connectivity index (χ1n) is 6.88. The Hall–Kier alpha value is -2.47. The van der Waals surface area contributed by atoms with E-state index in [-0.39, 0.29) is 11.9 Å². The summed E-state index contributed by atoms with van der Waals surface area (Å²) in [6.45, 7) is 2.85. The number of nitrogens with one attached hydrogen (secondary N) is 2. The van der Waals surface area contributed by atoms with E-state index in [0.29, 0.717) is 24.6 Å². The number of benzene rings is 1. The Labute approximate surface area is 123 Å². The van der Waals surface area contributed by atoms with Crippen LogP contribution >= 0.6 is 0 Å². The van der Waals surface area contributed by atoms with Gasteiger partial charge in [-0.2, -0.15) is 0 Å². The molecule has 2 rings (SSSR count). The van der Waals surface area contributed by atoms with Crippen molar-refractivity contribution in [1.82, 2.24) is 15.5 Å². The van der Waals surface area contributed by atoms with Gasteiger partial charge in [-0.25, -0.2) is 0 Å². The van der Waals surface area contributed by atoms with E-state index in [4.69, 9.17) is 5.73 Å². The summed E-state index contributed by atoms with van der Waals surface area (Å²) in [6.07, 6.45) is 0. The maximum atomic E-state index is 11.6. The van der Waals surface area contributed by atoms with Gasteiger partial charge in [0.15, 0.2) is 5.69 Å². The van der Waals surface area contributed by atoms with Gasteiger partial charge in [0.2, 0.25) is 0 Å². The van der Waals surface area contributed by atoms with E-state index >= 15 is 0 Å². The number of hydrogen-bond donors (Lipinski definition) is 3. The average molecular weight is 285 g/mol. The molecule has 0 fully saturated rings. The first-order chi connectivity index (χ1) is 10.2. The summed E-state index contributed by atoms with van der Waals surface area (Å²) >= 11 is 0. The Bertz CT molecular complexity index is 570. The molecule has 0 spiro atoms. The molecular formula is C15H19N5O. The highest BCUT2D eigenvalue weighted by atomic mass is 16.1. The van der Waals surface area contributed by atoms with Crippen molar-refractivity contribution in [1.29, 1.82) is 0 Å². The van der Waals surface area contributed by atoms with Crippen molar-refractivity contribution in [2.45, 2.75) is 13.0 Å². The number of carbonyl (C=O) groups excluding carboxylic acids is 1. The van der Waals surface area contributed by atoms with Crippen LogP contribution in [0.4, 0.5) is 5.82 Å². The lowest BCUT2D eigenvalue weighted by atomic mass is 10.1. The van der Waals surface area contributed by atoms with Crippen molar-refractivity contribution < 1.29 is 4.79 Å². The molecular weight excluding hydrogens is 266 g/mol. The van der Waals surface area contributed by atoms with E-state index in [1.807, 2.05) is 37.3 Å². The number of nitrogens with zero attached hydrogens (tertiary/aromatic N) is 2. The Kier molecular flexibility index (Phi) is 5.22. The maximum Gasteiger partial charge on any atom is 0.271 e. The van der Waals surface area contributed by atoms with Gasteiger partial charge in [0.25, 0.3) is 5.91 Å². The van der Waals surface area contributed by atoms with Crippen molar-refractivity contribution in [3.8, 4) is 0 Å². The van der Waals surface area contributed by atoms with Crippen LogP contribution in [0.3, 0.4) is 0 Å². The van der Waals surface area contributed by atoms with Crippen LogP contribution < -0.4 is 16.4 Å². The van der Waals surface area contributed by atoms with E-state index in [1.165, 1.54) is 0 Å². The molecule has 0 saturated carbocycles. The summed E-state index contributed by atoms with van der Waals surface area (Å²) in [7, 11) is 0. The zero-order chi connectivity index (χ0) is 15.1. The molecule has 1 unspecified atom stereocenters. The molecule has 1 aromatic carbocycles. The van der Waals surface area contributed by atoms with Crippen molar-refractivity contribution in [3.05, 3.63) is 53.7 Å². The second-order valence-electron chi connectivity index (χ2n) is 4.51. The largest absolute Gasteiger partial charge is 0.360 e. The monoisotopic (exact) mass is 285 g/mol. The average Bonchev–Trinajstić information content (AvgIpc) is 2.54. The molecule has 0 aliphatic rings. The number of carbonyl (C=O) groups is 1. The van der Waals surface area contributed by atoms with E-state index in [1.54, 1.807) is 12.1 Å². The second-order valence-corrected chi connectivity index (χ2v) is 4.51. The van der Waals surface area contributed by atoms with Gasteiger partial charge in [-0.05, 0) is 24.6 Å². The van der Waals surface area contributed by atoms with E-state index in [0.717, 1.165) is 5.56 Å². The molecule has 6 heteroatoms. The fourth-order valence-corrected chi connectivity index (χ4v) is 1.92. The number of anilines is 1. The first kappa shape index (κ1) is 14.9. The van der Waals surface area contributed by atoms with Crippen molar-refractivity contribution in [2.75, 3.05) is 18.4 Å². The smallest absolute Gasteiger partial charge is 0.271 e. The quantitative estimate of drug-likeness (QED) is 0.744. The molecule has 2 aromatic rings. The van der Waals surface area contributed by atoms with Gasteiger partial charge >= 0.3 is 0 Å². The summed E-state index contributed by atoms with van der Waals surface area (Å²) in [5.74, 6) is 0.359. The third kappa shape index (κ3) is 4.00. The zero-order valence-electron chi connectivity index (χ0n) is 11.9. The Morgan fingerprint density at radius 1 is 1.19 bits per heavy atom. The minimum atomic E-state index is -0.227. The van der Waals surface area contributed by atoms with Crippen molar-refractivity contribution in [2.24, 2.45) is 5.73 Å². The summed E-state index contributed by atoms with van der Waals surface area (Å²) in [6, 6.07) is 13.2. The molecule has 4 N–H and O–H groups in total. The highest BCUT2D eigenvalue weighted by Crippen LogP contribution is 2.16. The minimum Gasteiger partial charge on any atom is -0.360 e. The fourth-order valence-electron chi connectivity index (χ4n) is 1.92. The van der Waals surface area contributed by atoms with E-state index in [9.17, 15) is 4.79 Å². The van der Waals surface area contributed by atoms with Crippen LogP contribution in [-0.4, -0.2) is 29.2 Å². The molecule has 110 valence electrons. The highest BCUT2D eigenvalue weighted by Gasteiger charge is 2.11. The lowest BCUT2D eigenvalue weighted by Crippen LogP contribution is -2.24. The van der Waals surface area contributed by atoms with Crippen LogP contribution in [0, 0.1) is 0 Å². The van der Waals surface area contributed by atoms with Crippen molar-refractivity contribution in [3.63, 3.8) is 0 Å². The first-order valence-corrected chi connectivity index (χ1v) is 6.88. The SMILES string of the molecule is CCNC(=O)c1ccc(NC(CN)c2ccccc2)nn1. The molecule has 0 radical (unpaired) electrons. The normalized spacial score (nSPS) is 11.7. The molecule has 6 nitrogen and oxygen atoms in total. The highest BCUT2D eigenvalue weighted by molar-refractivity contribution is 5.92. The van der Waals surface area contributed by atoms with Crippen LogP contribution in [0.2, 0.25) is 0 Å². The van der Waals surface area contributed by atoms with Crippen LogP contribution in [0.15, 0.2) is 42.5 Å². The molecule has 1 atom stereocenters. The Balaban J connectivity index is 2.07. The third-order valence-corrected chi connectivity index (χ3v) is 2.99. The van der Waals surface area contributed by atoms with Gasteiger partial charge in [-0.3, -0.25) is 4.79 Å². The van der Waals surface area contributed by atoms with E-state index < -0.39 is 0 Å².